The summed E-state index contributed by atoms with van der Waals surface area (Å²) >= 11 is 1.56. The molecule has 1 N–H and O–H groups in total. The van der Waals surface area contributed by atoms with Crippen LogP contribution in [0, 0.1) is 0 Å². The molecule has 0 amide bonds. The molecule has 0 aliphatic rings. The van der Waals surface area contributed by atoms with E-state index in [0.29, 0.717) is 0 Å². The van der Waals surface area contributed by atoms with Crippen molar-refractivity contribution in [1.82, 2.24) is 4.98 Å². The van der Waals surface area contributed by atoms with Crippen LogP contribution in [0.4, 0.5) is 0 Å². The number of thiazole rings is 1. The van der Waals surface area contributed by atoms with Crippen LogP contribution in [0.5, 0.6) is 0 Å². The first-order chi connectivity index (χ1) is 9.36. The maximum Gasteiger partial charge on any atom is 0.123 e. The lowest BCUT2D eigenvalue weighted by Crippen LogP contribution is -1.83. The molecule has 0 radical (unpaired) electrons. The van der Waals surface area contributed by atoms with Gasteiger partial charge in [0, 0.05) is 10.9 Å². The Hall–Kier alpha value is -1.97. The number of aliphatic hydroxyl groups excluding tert-OH is 1. The van der Waals surface area contributed by atoms with Gasteiger partial charge in [0.1, 0.15) is 5.01 Å². The third-order valence-electron chi connectivity index (χ3n) is 2.95. The van der Waals surface area contributed by atoms with Gasteiger partial charge >= 0.3 is 0 Å². The minimum Gasteiger partial charge on any atom is -0.390 e. The molecule has 0 spiro atoms. The van der Waals surface area contributed by atoms with Gasteiger partial charge < -0.3 is 5.11 Å². The molecule has 0 saturated heterocycles. The van der Waals surface area contributed by atoms with Gasteiger partial charge in [-0.15, -0.1) is 11.3 Å². The van der Waals surface area contributed by atoms with Crippen LogP contribution in [0.2, 0.25) is 0 Å². The molecule has 2 nitrogen and oxygen atoms in total. The predicted octanol–water partition coefficient (Wildman–Crippen LogP) is 3.97. The van der Waals surface area contributed by atoms with E-state index in [-0.39, 0.29) is 6.61 Å². The van der Waals surface area contributed by atoms with Crippen molar-refractivity contribution in [2.45, 2.75) is 6.61 Å². The van der Waals surface area contributed by atoms with E-state index in [0.717, 1.165) is 16.3 Å². The van der Waals surface area contributed by atoms with Gasteiger partial charge in [-0.2, -0.15) is 0 Å². The summed E-state index contributed by atoms with van der Waals surface area (Å²) in [5.74, 6) is 0. The van der Waals surface area contributed by atoms with Gasteiger partial charge in [-0.3, -0.25) is 0 Å². The second kappa shape index (κ2) is 5.34. The summed E-state index contributed by atoms with van der Waals surface area (Å²) in [6, 6.07) is 18.6. The molecule has 0 fully saturated rings. The van der Waals surface area contributed by atoms with Crippen molar-refractivity contribution >= 4 is 11.3 Å². The largest absolute Gasteiger partial charge is 0.390 e. The molecule has 0 aliphatic heterocycles. The van der Waals surface area contributed by atoms with Crippen molar-refractivity contribution in [1.29, 1.82) is 0 Å². The van der Waals surface area contributed by atoms with E-state index in [4.69, 9.17) is 5.11 Å². The highest BCUT2D eigenvalue weighted by Gasteiger charge is 2.04. The van der Waals surface area contributed by atoms with Crippen molar-refractivity contribution in [3.05, 3.63) is 65.7 Å². The fourth-order valence-electron chi connectivity index (χ4n) is 1.95. The quantitative estimate of drug-likeness (QED) is 0.779. The summed E-state index contributed by atoms with van der Waals surface area (Å²) in [5.41, 5.74) is 4.23. The first kappa shape index (κ1) is 12.1. The Bertz CT molecular complexity index is 659. The van der Waals surface area contributed by atoms with E-state index >= 15 is 0 Å². The number of rotatable bonds is 3. The highest BCUT2D eigenvalue weighted by Crippen LogP contribution is 2.27. The van der Waals surface area contributed by atoms with Crippen molar-refractivity contribution in [3.63, 3.8) is 0 Å². The zero-order valence-electron chi connectivity index (χ0n) is 10.3. The fourth-order valence-corrected chi connectivity index (χ4v) is 2.77. The Morgan fingerprint density at radius 2 is 1.47 bits per heavy atom. The molecular formula is C16H13NOS. The lowest BCUT2D eigenvalue weighted by atomic mass is 10.0. The molecule has 0 atom stereocenters. The Kier molecular flexibility index (Phi) is 3.40. The molecular weight excluding hydrogens is 254 g/mol. The summed E-state index contributed by atoms with van der Waals surface area (Å²) in [4.78, 5) is 4.37. The standard InChI is InChI=1S/C16H13NOS/c18-10-15-11-19-16(17-15)14-8-6-13(7-9-14)12-4-2-1-3-5-12/h1-9,11,18H,10H2. The van der Waals surface area contributed by atoms with Crippen LogP contribution in [0.25, 0.3) is 21.7 Å². The van der Waals surface area contributed by atoms with E-state index in [2.05, 4.69) is 41.4 Å². The average molecular weight is 267 g/mol. The molecule has 3 heteroatoms. The monoisotopic (exact) mass is 267 g/mol. The first-order valence-electron chi connectivity index (χ1n) is 6.08. The fraction of sp³-hybridized carbons (Fsp3) is 0.0625. The molecule has 0 aliphatic carbocycles. The summed E-state index contributed by atoms with van der Waals surface area (Å²) in [5, 5.41) is 11.9. The van der Waals surface area contributed by atoms with Gasteiger partial charge in [0.2, 0.25) is 0 Å². The Morgan fingerprint density at radius 3 is 2.11 bits per heavy atom. The summed E-state index contributed by atoms with van der Waals surface area (Å²) in [6.45, 7) is -0.00139. The average Bonchev–Trinajstić information content (AvgIpc) is 2.97. The van der Waals surface area contributed by atoms with Gasteiger partial charge in [0.05, 0.1) is 12.3 Å². The maximum absolute atomic E-state index is 9.03. The molecule has 0 bridgehead atoms. The molecule has 2 aromatic carbocycles. The Labute approximate surface area is 116 Å². The Balaban J connectivity index is 1.90. The summed E-state index contributed by atoms with van der Waals surface area (Å²) < 4.78 is 0. The zero-order chi connectivity index (χ0) is 13.1. The molecule has 0 unspecified atom stereocenters. The molecule has 1 aromatic heterocycles. The van der Waals surface area contributed by atoms with Crippen molar-refractivity contribution in [3.8, 4) is 21.7 Å². The van der Waals surface area contributed by atoms with Crippen molar-refractivity contribution < 1.29 is 5.11 Å². The van der Waals surface area contributed by atoms with E-state index in [1.165, 1.54) is 11.1 Å². The lowest BCUT2D eigenvalue weighted by molar-refractivity contribution is 0.278. The van der Waals surface area contributed by atoms with Crippen LogP contribution in [0.1, 0.15) is 5.69 Å². The van der Waals surface area contributed by atoms with Crippen LogP contribution in [0.3, 0.4) is 0 Å². The topological polar surface area (TPSA) is 33.1 Å². The van der Waals surface area contributed by atoms with Crippen LogP contribution < -0.4 is 0 Å². The highest BCUT2D eigenvalue weighted by molar-refractivity contribution is 7.13. The van der Waals surface area contributed by atoms with Gasteiger partial charge in [0.15, 0.2) is 0 Å². The second-order valence-corrected chi connectivity index (χ2v) is 5.10. The first-order valence-corrected chi connectivity index (χ1v) is 6.96. The third kappa shape index (κ3) is 2.57. The predicted molar refractivity (Wildman–Crippen MR) is 78.9 cm³/mol. The lowest BCUT2D eigenvalue weighted by Gasteiger charge is -2.02. The van der Waals surface area contributed by atoms with Gasteiger partial charge in [-0.1, -0.05) is 54.6 Å². The van der Waals surface area contributed by atoms with E-state index in [1.807, 2.05) is 23.6 Å². The maximum atomic E-state index is 9.03. The van der Waals surface area contributed by atoms with Crippen LogP contribution in [-0.2, 0) is 6.61 Å². The van der Waals surface area contributed by atoms with Gasteiger partial charge in [0.25, 0.3) is 0 Å². The van der Waals surface area contributed by atoms with E-state index in [9.17, 15) is 0 Å². The van der Waals surface area contributed by atoms with Gasteiger partial charge in [-0.25, -0.2) is 4.98 Å². The molecule has 19 heavy (non-hydrogen) atoms. The zero-order valence-corrected chi connectivity index (χ0v) is 11.1. The molecule has 0 saturated carbocycles. The smallest absolute Gasteiger partial charge is 0.123 e. The number of nitrogens with zero attached hydrogens (tertiary/aromatic N) is 1. The van der Waals surface area contributed by atoms with Crippen LogP contribution in [0.15, 0.2) is 60.0 Å². The number of aliphatic hydroxyl groups is 1. The number of aromatic nitrogens is 1. The van der Waals surface area contributed by atoms with E-state index < -0.39 is 0 Å². The van der Waals surface area contributed by atoms with E-state index in [1.54, 1.807) is 11.3 Å². The van der Waals surface area contributed by atoms with Crippen molar-refractivity contribution in [2.24, 2.45) is 0 Å². The normalized spacial score (nSPS) is 10.6. The third-order valence-corrected chi connectivity index (χ3v) is 3.89. The Morgan fingerprint density at radius 1 is 0.842 bits per heavy atom. The number of hydrogen-bond donors (Lipinski definition) is 1. The van der Waals surface area contributed by atoms with Crippen LogP contribution in [-0.4, -0.2) is 10.1 Å². The SMILES string of the molecule is OCc1csc(-c2ccc(-c3ccccc3)cc2)n1. The summed E-state index contributed by atoms with van der Waals surface area (Å²) in [7, 11) is 0. The number of hydrogen-bond acceptors (Lipinski definition) is 3. The van der Waals surface area contributed by atoms with Gasteiger partial charge in [-0.05, 0) is 11.1 Å². The summed E-state index contributed by atoms with van der Waals surface area (Å²) in [6.07, 6.45) is 0. The van der Waals surface area contributed by atoms with Crippen molar-refractivity contribution in [2.75, 3.05) is 0 Å². The molecule has 94 valence electrons. The second-order valence-electron chi connectivity index (χ2n) is 4.25. The minimum atomic E-state index is -0.00139. The highest BCUT2D eigenvalue weighted by atomic mass is 32.1. The minimum absolute atomic E-state index is 0.00139. The molecule has 1 heterocycles. The number of benzene rings is 2. The molecule has 3 rings (SSSR count). The molecule has 3 aromatic rings. The van der Waals surface area contributed by atoms with Crippen LogP contribution >= 0.6 is 11.3 Å².